The average molecular weight is 240 g/mol. The first kappa shape index (κ1) is 12.2. The molecule has 0 unspecified atom stereocenters. The van der Waals surface area contributed by atoms with Crippen LogP contribution in [-0.4, -0.2) is 41.1 Å². The van der Waals surface area contributed by atoms with Crippen LogP contribution in [-0.2, 0) is 9.53 Å². The van der Waals surface area contributed by atoms with Gasteiger partial charge < -0.3 is 15.0 Å². The van der Waals surface area contributed by atoms with Gasteiger partial charge in [0.1, 0.15) is 11.6 Å². The van der Waals surface area contributed by atoms with E-state index in [9.17, 15) is 9.59 Å². The normalized spacial score (nSPS) is 28.2. The largest absolute Gasteiger partial charge is 0.444 e. The first-order valence-electron chi connectivity index (χ1n) is 6.17. The molecule has 2 aliphatic rings. The SMILES string of the molecule is CC(C)(C)OC(=O)N[C@H]1C[C@H]2CCCN2C1=O. The summed E-state index contributed by atoms with van der Waals surface area (Å²) >= 11 is 0. The third kappa shape index (κ3) is 2.70. The summed E-state index contributed by atoms with van der Waals surface area (Å²) in [6.07, 6.45) is 2.35. The van der Waals surface area contributed by atoms with E-state index in [1.807, 2.05) is 4.90 Å². The lowest BCUT2D eigenvalue weighted by molar-refractivity contribution is -0.129. The van der Waals surface area contributed by atoms with Crippen molar-refractivity contribution in [2.24, 2.45) is 0 Å². The smallest absolute Gasteiger partial charge is 0.408 e. The highest BCUT2D eigenvalue weighted by Gasteiger charge is 2.42. The lowest BCUT2D eigenvalue weighted by Crippen LogP contribution is -2.43. The summed E-state index contributed by atoms with van der Waals surface area (Å²) in [7, 11) is 0. The van der Waals surface area contributed by atoms with Crippen molar-refractivity contribution >= 4 is 12.0 Å². The van der Waals surface area contributed by atoms with Gasteiger partial charge >= 0.3 is 6.09 Å². The Labute approximate surface area is 101 Å². The van der Waals surface area contributed by atoms with Crippen molar-refractivity contribution in [3.8, 4) is 0 Å². The molecule has 0 aromatic carbocycles. The van der Waals surface area contributed by atoms with Crippen LogP contribution in [0.2, 0.25) is 0 Å². The van der Waals surface area contributed by atoms with Crippen LogP contribution in [0.25, 0.3) is 0 Å². The van der Waals surface area contributed by atoms with Crippen molar-refractivity contribution in [3.05, 3.63) is 0 Å². The molecule has 0 aromatic rings. The zero-order chi connectivity index (χ0) is 12.6. The van der Waals surface area contributed by atoms with Gasteiger partial charge in [-0.3, -0.25) is 4.79 Å². The van der Waals surface area contributed by atoms with Crippen molar-refractivity contribution in [3.63, 3.8) is 0 Å². The molecule has 0 aromatic heterocycles. The Hall–Kier alpha value is -1.26. The summed E-state index contributed by atoms with van der Waals surface area (Å²) in [4.78, 5) is 25.4. The molecule has 2 saturated heterocycles. The van der Waals surface area contributed by atoms with Crippen LogP contribution in [0.15, 0.2) is 0 Å². The quantitative estimate of drug-likeness (QED) is 0.751. The van der Waals surface area contributed by atoms with E-state index in [4.69, 9.17) is 4.74 Å². The van der Waals surface area contributed by atoms with Crippen molar-refractivity contribution in [2.75, 3.05) is 6.54 Å². The van der Waals surface area contributed by atoms with Crippen LogP contribution >= 0.6 is 0 Å². The minimum Gasteiger partial charge on any atom is -0.444 e. The third-order valence-electron chi connectivity index (χ3n) is 3.16. The van der Waals surface area contributed by atoms with Gasteiger partial charge in [0.25, 0.3) is 0 Å². The second-order valence-electron chi connectivity index (χ2n) is 5.76. The lowest BCUT2D eigenvalue weighted by atomic mass is 10.1. The van der Waals surface area contributed by atoms with Gasteiger partial charge in [-0.2, -0.15) is 0 Å². The van der Waals surface area contributed by atoms with Gasteiger partial charge in [-0.05, 0) is 40.0 Å². The lowest BCUT2D eigenvalue weighted by Gasteiger charge is -2.21. The van der Waals surface area contributed by atoms with Gasteiger partial charge in [0.05, 0.1) is 0 Å². The van der Waals surface area contributed by atoms with Crippen LogP contribution < -0.4 is 5.32 Å². The number of amides is 2. The van der Waals surface area contributed by atoms with E-state index in [2.05, 4.69) is 5.32 Å². The molecule has 0 bridgehead atoms. The Kier molecular flexibility index (Phi) is 3.02. The molecule has 0 saturated carbocycles. The molecule has 0 spiro atoms. The van der Waals surface area contributed by atoms with Crippen molar-refractivity contribution < 1.29 is 14.3 Å². The highest BCUT2D eigenvalue weighted by Crippen LogP contribution is 2.28. The molecule has 2 rings (SSSR count). The first-order chi connectivity index (χ1) is 7.87. The molecule has 5 heteroatoms. The Morgan fingerprint density at radius 3 is 2.76 bits per heavy atom. The molecular weight excluding hydrogens is 220 g/mol. The Morgan fingerprint density at radius 1 is 1.47 bits per heavy atom. The van der Waals surface area contributed by atoms with E-state index in [0.717, 1.165) is 25.8 Å². The van der Waals surface area contributed by atoms with Crippen molar-refractivity contribution in [1.29, 1.82) is 0 Å². The molecule has 17 heavy (non-hydrogen) atoms. The Morgan fingerprint density at radius 2 is 2.18 bits per heavy atom. The molecular formula is C12H20N2O3. The Balaban J connectivity index is 1.88. The maximum absolute atomic E-state index is 11.9. The number of rotatable bonds is 1. The Bertz CT molecular complexity index is 335. The number of hydrogen-bond acceptors (Lipinski definition) is 3. The van der Waals surface area contributed by atoms with Gasteiger partial charge in [-0.15, -0.1) is 0 Å². The van der Waals surface area contributed by atoms with Gasteiger partial charge in [0.15, 0.2) is 0 Å². The number of carbonyl (C=O) groups excluding carboxylic acids is 2. The minimum atomic E-state index is -0.526. The number of nitrogens with one attached hydrogen (secondary N) is 1. The summed E-state index contributed by atoms with van der Waals surface area (Å²) in [5.41, 5.74) is -0.526. The van der Waals surface area contributed by atoms with E-state index in [-0.39, 0.29) is 5.91 Å². The molecule has 96 valence electrons. The summed E-state index contributed by atoms with van der Waals surface area (Å²) in [6.45, 7) is 6.25. The van der Waals surface area contributed by atoms with Crippen LogP contribution in [0.5, 0.6) is 0 Å². The van der Waals surface area contributed by atoms with Crippen LogP contribution in [0, 0.1) is 0 Å². The molecule has 2 aliphatic heterocycles. The zero-order valence-electron chi connectivity index (χ0n) is 10.7. The third-order valence-corrected chi connectivity index (χ3v) is 3.16. The van der Waals surface area contributed by atoms with Gasteiger partial charge in [0.2, 0.25) is 5.91 Å². The van der Waals surface area contributed by atoms with E-state index in [1.165, 1.54) is 0 Å². The fourth-order valence-corrected chi connectivity index (χ4v) is 2.51. The summed E-state index contributed by atoms with van der Waals surface area (Å²) in [6, 6.07) is -0.0717. The highest BCUT2D eigenvalue weighted by atomic mass is 16.6. The molecule has 2 atom stereocenters. The highest BCUT2D eigenvalue weighted by molar-refractivity contribution is 5.88. The molecule has 2 fully saturated rings. The van der Waals surface area contributed by atoms with Crippen molar-refractivity contribution in [2.45, 2.75) is 57.7 Å². The van der Waals surface area contributed by atoms with Gasteiger partial charge in [-0.25, -0.2) is 4.79 Å². The van der Waals surface area contributed by atoms with E-state index >= 15 is 0 Å². The second kappa shape index (κ2) is 4.20. The first-order valence-corrected chi connectivity index (χ1v) is 6.17. The molecule has 5 nitrogen and oxygen atoms in total. The maximum Gasteiger partial charge on any atom is 0.408 e. The number of carbonyl (C=O) groups is 2. The predicted molar refractivity (Wildman–Crippen MR) is 62.5 cm³/mol. The number of alkyl carbamates (subject to hydrolysis) is 1. The standard InChI is InChI=1S/C12H20N2O3/c1-12(2,3)17-11(16)13-9-7-8-5-4-6-14(8)10(9)15/h8-9H,4-7H2,1-3H3,(H,13,16)/t8-,9+/m1/s1. The number of nitrogens with zero attached hydrogens (tertiary/aromatic N) is 1. The van der Waals surface area contributed by atoms with Crippen molar-refractivity contribution in [1.82, 2.24) is 10.2 Å². The van der Waals surface area contributed by atoms with E-state index in [1.54, 1.807) is 20.8 Å². The number of hydrogen-bond donors (Lipinski definition) is 1. The topological polar surface area (TPSA) is 58.6 Å². The minimum absolute atomic E-state index is 0.0401. The van der Waals surface area contributed by atoms with Crippen LogP contribution in [0.3, 0.4) is 0 Å². The molecule has 2 amide bonds. The van der Waals surface area contributed by atoms with Gasteiger partial charge in [0, 0.05) is 12.6 Å². The number of ether oxygens (including phenoxy) is 1. The molecule has 0 aliphatic carbocycles. The fraction of sp³-hybridized carbons (Fsp3) is 0.833. The summed E-state index contributed by atoms with van der Waals surface area (Å²) < 4.78 is 5.15. The second-order valence-corrected chi connectivity index (χ2v) is 5.76. The fourth-order valence-electron chi connectivity index (χ4n) is 2.51. The molecule has 2 heterocycles. The maximum atomic E-state index is 11.9. The summed E-state index contributed by atoms with van der Waals surface area (Å²) in [5, 5.41) is 2.66. The van der Waals surface area contributed by atoms with E-state index in [0.29, 0.717) is 6.04 Å². The van der Waals surface area contributed by atoms with Crippen LogP contribution in [0.1, 0.15) is 40.0 Å². The average Bonchev–Trinajstić information content (AvgIpc) is 2.69. The van der Waals surface area contributed by atoms with E-state index < -0.39 is 17.7 Å². The molecule has 1 N–H and O–H groups in total. The zero-order valence-corrected chi connectivity index (χ0v) is 10.7. The number of fused-ring (bicyclic) bond motifs is 1. The van der Waals surface area contributed by atoms with Gasteiger partial charge in [-0.1, -0.05) is 0 Å². The summed E-state index contributed by atoms with van der Waals surface area (Å²) in [5.74, 6) is 0.0401. The monoisotopic (exact) mass is 240 g/mol. The molecule has 0 radical (unpaired) electrons. The van der Waals surface area contributed by atoms with Crippen LogP contribution in [0.4, 0.5) is 4.79 Å². The predicted octanol–water partition coefficient (Wildman–Crippen LogP) is 1.27.